The molecule has 0 heterocycles. The van der Waals surface area contributed by atoms with E-state index in [4.69, 9.17) is 5.11 Å². The van der Waals surface area contributed by atoms with Crippen molar-refractivity contribution in [3.8, 4) is 0 Å². The molecule has 0 spiro atoms. The van der Waals surface area contributed by atoms with Crippen molar-refractivity contribution in [2.75, 3.05) is 0 Å². The summed E-state index contributed by atoms with van der Waals surface area (Å²) in [5.41, 5.74) is 0. The van der Waals surface area contributed by atoms with E-state index in [1.807, 2.05) is 13.8 Å². The van der Waals surface area contributed by atoms with Crippen molar-refractivity contribution in [3.63, 3.8) is 0 Å². The summed E-state index contributed by atoms with van der Waals surface area (Å²) in [6.07, 6.45) is 7.12. The second-order valence-electron chi connectivity index (χ2n) is 6.20. The van der Waals surface area contributed by atoms with Crippen LogP contribution in [-0.4, -0.2) is 23.0 Å². The molecule has 2 N–H and O–H groups in total. The molecular formula is C17H31NO3. The van der Waals surface area contributed by atoms with Crippen LogP contribution >= 0.6 is 0 Å². The molecule has 0 aliphatic rings. The van der Waals surface area contributed by atoms with Crippen LogP contribution in [0.1, 0.15) is 65.7 Å². The number of rotatable bonds is 12. The number of carboxylic acid groups (broad SMARTS) is 1. The van der Waals surface area contributed by atoms with Crippen LogP contribution in [0.25, 0.3) is 0 Å². The van der Waals surface area contributed by atoms with E-state index in [0.29, 0.717) is 5.92 Å². The molecule has 0 radical (unpaired) electrons. The molecular weight excluding hydrogens is 266 g/mol. The lowest BCUT2D eigenvalue weighted by molar-refractivity contribution is -0.138. The average Bonchev–Trinajstić information content (AvgIpc) is 2.35. The van der Waals surface area contributed by atoms with Crippen LogP contribution in [0.4, 0.5) is 0 Å². The zero-order chi connectivity index (χ0) is 16.3. The number of hydrogen-bond acceptors (Lipinski definition) is 2. The van der Waals surface area contributed by atoms with E-state index in [1.165, 1.54) is 0 Å². The molecule has 0 fully saturated rings. The fraction of sp³-hybridized carbons (Fsp3) is 0.765. The first-order valence-corrected chi connectivity index (χ1v) is 8.02. The number of carboxylic acids is 1. The predicted molar refractivity (Wildman–Crippen MR) is 86.1 cm³/mol. The normalized spacial score (nSPS) is 13.7. The van der Waals surface area contributed by atoms with Gasteiger partial charge >= 0.3 is 5.97 Å². The lowest BCUT2D eigenvalue weighted by Crippen LogP contribution is -2.34. The Hall–Kier alpha value is -1.32. The van der Waals surface area contributed by atoms with Crippen LogP contribution in [0.2, 0.25) is 0 Å². The van der Waals surface area contributed by atoms with Crippen molar-refractivity contribution in [1.82, 2.24) is 5.32 Å². The van der Waals surface area contributed by atoms with Gasteiger partial charge in [-0.3, -0.25) is 9.59 Å². The van der Waals surface area contributed by atoms with E-state index in [1.54, 1.807) is 6.08 Å². The number of carbonyl (C=O) groups excluding carboxylic acids is 1. The first-order chi connectivity index (χ1) is 9.88. The van der Waals surface area contributed by atoms with E-state index < -0.39 is 5.97 Å². The Morgan fingerprint density at radius 3 is 2.38 bits per heavy atom. The first kappa shape index (κ1) is 19.7. The highest BCUT2D eigenvalue weighted by Gasteiger charge is 2.19. The molecule has 0 aromatic carbocycles. The van der Waals surface area contributed by atoms with Gasteiger partial charge in [-0.15, -0.1) is 6.58 Å². The molecule has 0 saturated carbocycles. The van der Waals surface area contributed by atoms with Gasteiger partial charge in [0.1, 0.15) is 0 Å². The molecule has 122 valence electrons. The van der Waals surface area contributed by atoms with Gasteiger partial charge in [0, 0.05) is 18.9 Å². The molecule has 2 atom stereocenters. The zero-order valence-corrected chi connectivity index (χ0v) is 13.7. The molecule has 0 aromatic rings. The third-order valence-electron chi connectivity index (χ3n) is 3.49. The standard InChI is InChI=1S/C17H31NO3/c1-5-7-8-9-15(6-2)18-16(19)11-14(10-13(3)4)12-17(20)21/h6,13-15H,2,5,7-12H2,1,3-4H3,(H,18,19)(H,20,21)/t14-,15+/m1/s1. The Balaban J connectivity index is 4.32. The van der Waals surface area contributed by atoms with Crippen molar-refractivity contribution in [3.05, 3.63) is 12.7 Å². The summed E-state index contributed by atoms with van der Waals surface area (Å²) in [6.45, 7) is 9.99. The van der Waals surface area contributed by atoms with Gasteiger partial charge in [-0.2, -0.15) is 0 Å². The maximum atomic E-state index is 12.1. The maximum Gasteiger partial charge on any atom is 0.303 e. The highest BCUT2D eigenvalue weighted by atomic mass is 16.4. The van der Waals surface area contributed by atoms with Gasteiger partial charge in [0.2, 0.25) is 5.91 Å². The minimum atomic E-state index is -0.836. The Morgan fingerprint density at radius 2 is 1.90 bits per heavy atom. The summed E-state index contributed by atoms with van der Waals surface area (Å²) in [5.74, 6) is -0.606. The highest BCUT2D eigenvalue weighted by molar-refractivity contribution is 5.77. The summed E-state index contributed by atoms with van der Waals surface area (Å²) in [4.78, 5) is 22.9. The van der Waals surface area contributed by atoms with Crippen LogP contribution in [0.3, 0.4) is 0 Å². The number of amides is 1. The van der Waals surface area contributed by atoms with Crippen molar-refractivity contribution in [2.45, 2.75) is 71.8 Å². The van der Waals surface area contributed by atoms with Crippen LogP contribution in [0, 0.1) is 11.8 Å². The summed E-state index contributed by atoms with van der Waals surface area (Å²) in [7, 11) is 0. The molecule has 0 aromatic heterocycles. The van der Waals surface area contributed by atoms with Gasteiger partial charge in [-0.05, 0) is 24.7 Å². The second-order valence-corrected chi connectivity index (χ2v) is 6.20. The topological polar surface area (TPSA) is 66.4 Å². The number of hydrogen-bond donors (Lipinski definition) is 2. The van der Waals surface area contributed by atoms with Crippen LogP contribution < -0.4 is 5.32 Å². The maximum absolute atomic E-state index is 12.1. The van der Waals surface area contributed by atoms with Crippen molar-refractivity contribution < 1.29 is 14.7 Å². The molecule has 0 unspecified atom stereocenters. The Bertz CT molecular complexity index is 326. The highest BCUT2D eigenvalue weighted by Crippen LogP contribution is 2.19. The van der Waals surface area contributed by atoms with Gasteiger partial charge in [0.05, 0.1) is 0 Å². The van der Waals surface area contributed by atoms with Gasteiger partial charge in [-0.25, -0.2) is 0 Å². The molecule has 0 saturated heterocycles. The summed E-state index contributed by atoms with van der Waals surface area (Å²) in [5, 5.41) is 11.9. The van der Waals surface area contributed by atoms with E-state index in [0.717, 1.165) is 32.1 Å². The lowest BCUT2D eigenvalue weighted by Gasteiger charge is -2.19. The second kappa shape index (κ2) is 11.4. The van der Waals surface area contributed by atoms with Crippen LogP contribution in [0.15, 0.2) is 12.7 Å². The van der Waals surface area contributed by atoms with Crippen molar-refractivity contribution in [1.29, 1.82) is 0 Å². The Morgan fingerprint density at radius 1 is 1.24 bits per heavy atom. The van der Waals surface area contributed by atoms with E-state index in [-0.39, 0.29) is 30.7 Å². The minimum absolute atomic E-state index is 0.00595. The molecule has 0 aliphatic carbocycles. The van der Waals surface area contributed by atoms with Gasteiger partial charge in [0.25, 0.3) is 0 Å². The smallest absolute Gasteiger partial charge is 0.303 e. The lowest BCUT2D eigenvalue weighted by atomic mass is 9.91. The zero-order valence-electron chi connectivity index (χ0n) is 13.7. The predicted octanol–water partition coefficient (Wildman–Crippen LogP) is 3.76. The van der Waals surface area contributed by atoms with Gasteiger partial charge in [0.15, 0.2) is 0 Å². The largest absolute Gasteiger partial charge is 0.481 e. The molecule has 0 rings (SSSR count). The minimum Gasteiger partial charge on any atom is -0.481 e. The number of unbranched alkanes of at least 4 members (excludes halogenated alkanes) is 2. The number of carbonyl (C=O) groups is 2. The van der Waals surface area contributed by atoms with E-state index in [9.17, 15) is 9.59 Å². The van der Waals surface area contributed by atoms with Crippen LogP contribution in [0.5, 0.6) is 0 Å². The fourth-order valence-corrected chi connectivity index (χ4v) is 2.54. The van der Waals surface area contributed by atoms with Crippen molar-refractivity contribution in [2.24, 2.45) is 11.8 Å². The molecule has 4 nitrogen and oxygen atoms in total. The van der Waals surface area contributed by atoms with E-state index >= 15 is 0 Å². The Kier molecular flexibility index (Phi) is 10.6. The SMILES string of the molecule is C=C[C@@H](CCCCC)NC(=O)C[C@H](CC(=O)O)CC(C)C. The third kappa shape index (κ3) is 11.1. The average molecular weight is 297 g/mol. The number of nitrogens with one attached hydrogen (secondary N) is 1. The quantitative estimate of drug-likeness (QED) is 0.426. The molecule has 21 heavy (non-hydrogen) atoms. The van der Waals surface area contributed by atoms with Gasteiger partial charge in [-0.1, -0.05) is 46.1 Å². The van der Waals surface area contributed by atoms with Gasteiger partial charge < -0.3 is 10.4 Å². The third-order valence-corrected chi connectivity index (χ3v) is 3.49. The van der Waals surface area contributed by atoms with Crippen molar-refractivity contribution >= 4 is 11.9 Å². The molecule has 0 bridgehead atoms. The molecule has 4 heteroatoms. The number of aliphatic carboxylic acids is 1. The summed E-state index contributed by atoms with van der Waals surface area (Å²) < 4.78 is 0. The molecule has 0 aliphatic heterocycles. The fourth-order valence-electron chi connectivity index (χ4n) is 2.54. The first-order valence-electron chi connectivity index (χ1n) is 8.02. The molecule has 1 amide bonds. The van der Waals surface area contributed by atoms with E-state index in [2.05, 4.69) is 18.8 Å². The summed E-state index contributed by atoms with van der Waals surface area (Å²) >= 11 is 0. The van der Waals surface area contributed by atoms with Crippen LogP contribution in [-0.2, 0) is 9.59 Å². The monoisotopic (exact) mass is 297 g/mol. The Labute approximate surface area is 129 Å². The summed E-state index contributed by atoms with van der Waals surface area (Å²) in [6, 6.07) is -0.00595.